The second kappa shape index (κ2) is 6.30. The van der Waals surface area contributed by atoms with Crippen LogP contribution in [0.3, 0.4) is 0 Å². The first-order valence-corrected chi connectivity index (χ1v) is 9.58. The number of rotatable bonds is 5. The Labute approximate surface area is 158 Å². The summed E-state index contributed by atoms with van der Waals surface area (Å²) in [7, 11) is 1.66. The van der Waals surface area contributed by atoms with E-state index in [0.717, 1.165) is 28.4 Å². The van der Waals surface area contributed by atoms with E-state index in [9.17, 15) is 4.79 Å². The Morgan fingerprint density at radius 1 is 1.33 bits per heavy atom. The summed E-state index contributed by atoms with van der Waals surface area (Å²) < 4.78 is 11.4. The maximum absolute atomic E-state index is 12.6. The van der Waals surface area contributed by atoms with Crippen molar-refractivity contribution in [2.24, 2.45) is 0 Å². The van der Waals surface area contributed by atoms with Crippen LogP contribution >= 0.6 is 0 Å². The number of carbonyl (C=O) groups is 1. The van der Waals surface area contributed by atoms with Crippen molar-refractivity contribution in [1.82, 2.24) is 14.9 Å². The first-order chi connectivity index (χ1) is 13.2. The summed E-state index contributed by atoms with van der Waals surface area (Å²) in [5, 5.41) is 0. The fourth-order valence-corrected chi connectivity index (χ4v) is 4.06. The van der Waals surface area contributed by atoms with E-state index in [-0.39, 0.29) is 5.91 Å². The summed E-state index contributed by atoms with van der Waals surface area (Å²) in [6.07, 6.45) is 5.47. The second-order valence-corrected chi connectivity index (χ2v) is 7.71. The number of hydrogen-bond acceptors (Lipinski definition) is 5. The Morgan fingerprint density at radius 2 is 2.15 bits per heavy atom. The maximum Gasteiger partial charge on any atom is 0.223 e. The summed E-state index contributed by atoms with van der Waals surface area (Å²) >= 11 is 0. The number of aryl methyl sites for hydroxylation is 1. The number of amides is 1. The van der Waals surface area contributed by atoms with Crippen molar-refractivity contribution in [3.05, 3.63) is 53.1 Å². The lowest BCUT2D eigenvalue weighted by Crippen LogP contribution is -2.61. The predicted molar refractivity (Wildman–Crippen MR) is 98.4 cm³/mol. The molecule has 1 aliphatic carbocycles. The lowest BCUT2D eigenvalue weighted by Gasteiger charge is -2.47. The third-order valence-corrected chi connectivity index (χ3v) is 5.85. The molecule has 1 spiro atoms. The van der Waals surface area contributed by atoms with E-state index in [0.29, 0.717) is 38.5 Å². The van der Waals surface area contributed by atoms with E-state index in [1.54, 1.807) is 7.11 Å². The average molecular weight is 365 g/mol. The number of nitrogens with zero attached hydrogens (tertiary/aromatic N) is 3. The number of fused-ring (bicyclic) bond motifs is 2. The molecule has 27 heavy (non-hydrogen) atoms. The molecule has 1 aromatic heterocycles. The largest absolute Gasteiger partial charge is 0.496 e. The zero-order valence-electron chi connectivity index (χ0n) is 15.5. The molecule has 3 heterocycles. The number of methoxy groups -OCH3 is 1. The summed E-state index contributed by atoms with van der Waals surface area (Å²) in [5.74, 6) is 2.49. The molecule has 6 nitrogen and oxygen atoms in total. The number of aromatic nitrogens is 2. The molecule has 0 atom stereocenters. The zero-order chi connectivity index (χ0) is 18.4. The quantitative estimate of drug-likeness (QED) is 0.815. The summed E-state index contributed by atoms with van der Waals surface area (Å²) in [4.78, 5) is 23.7. The highest BCUT2D eigenvalue weighted by atomic mass is 16.5. The van der Waals surface area contributed by atoms with E-state index in [2.05, 4.69) is 4.98 Å². The number of hydrogen-bond donors (Lipinski definition) is 0. The Bertz CT molecular complexity index is 888. The van der Waals surface area contributed by atoms with Gasteiger partial charge in [-0.3, -0.25) is 4.79 Å². The minimum atomic E-state index is -0.391. The molecule has 2 fully saturated rings. The van der Waals surface area contributed by atoms with Crippen LogP contribution in [0, 0.1) is 0 Å². The fraction of sp³-hybridized carbons (Fsp3) is 0.476. The van der Waals surface area contributed by atoms with E-state index < -0.39 is 5.60 Å². The molecule has 1 saturated carbocycles. The standard InChI is InChI=1S/C21H23N3O3/c1-26-18-5-3-2-4-14(18)8-9-19(25)24-12-21(13-24)16-10-22-20(15-6-7-15)23-17(16)11-27-21/h2-5,10,15H,6-9,11-13H2,1H3. The second-order valence-electron chi connectivity index (χ2n) is 7.71. The van der Waals surface area contributed by atoms with Crippen molar-refractivity contribution in [3.8, 4) is 5.75 Å². The van der Waals surface area contributed by atoms with Gasteiger partial charge in [0, 0.05) is 24.1 Å². The Morgan fingerprint density at radius 3 is 2.93 bits per heavy atom. The lowest BCUT2D eigenvalue weighted by molar-refractivity contribution is -0.168. The molecule has 6 heteroatoms. The monoisotopic (exact) mass is 365 g/mol. The van der Waals surface area contributed by atoms with Gasteiger partial charge in [0.2, 0.25) is 5.91 Å². The number of ether oxygens (including phenoxy) is 2. The molecule has 1 saturated heterocycles. The molecule has 0 bridgehead atoms. The summed E-state index contributed by atoms with van der Waals surface area (Å²) in [5.41, 5.74) is 2.75. The first-order valence-electron chi connectivity index (χ1n) is 9.58. The highest BCUT2D eigenvalue weighted by molar-refractivity contribution is 5.78. The van der Waals surface area contributed by atoms with Gasteiger partial charge in [0.1, 0.15) is 17.2 Å². The van der Waals surface area contributed by atoms with Gasteiger partial charge in [0.15, 0.2) is 0 Å². The molecule has 0 radical (unpaired) electrons. The number of benzene rings is 1. The van der Waals surface area contributed by atoms with Gasteiger partial charge in [-0.15, -0.1) is 0 Å². The number of carbonyl (C=O) groups excluding carboxylic acids is 1. The normalized spacial score (nSPS) is 19.7. The minimum Gasteiger partial charge on any atom is -0.496 e. The van der Waals surface area contributed by atoms with Crippen LogP contribution < -0.4 is 4.74 Å². The van der Waals surface area contributed by atoms with Crippen molar-refractivity contribution in [2.75, 3.05) is 20.2 Å². The smallest absolute Gasteiger partial charge is 0.223 e. The van der Waals surface area contributed by atoms with Gasteiger partial charge in [0.05, 0.1) is 32.5 Å². The van der Waals surface area contributed by atoms with Gasteiger partial charge in [0.25, 0.3) is 0 Å². The van der Waals surface area contributed by atoms with Crippen molar-refractivity contribution in [1.29, 1.82) is 0 Å². The van der Waals surface area contributed by atoms with Crippen LogP contribution in [0.2, 0.25) is 0 Å². The van der Waals surface area contributed by atoms with Gasteiger partial charge in [-0.1, -0.05) is 18.2 Å². The highest BCUT2D eigenvalue weighted by Gasteiger charge is 2.52. The summed E-state index contributed by atoms with van der Waals surface area (Å²) in [6, 6.07) is 7.85. The molecule has 1 aromatic carbocycles. The number of para-hydroxylation sites is 1. The molecular weight excluding hydrogens is 342 g/mol. The van der Waals surface area contributed by atoms with Crippen LogP contribution in [0.15, 0.2) is 30.5 Å². The van der Waals surface area contributed by atoms with E-state index >= 15 is 0 Å². The van der Waals surface area contributed by atoms with Crippen LogP contribution in [-0.4, -0.2) is 41.0 Å². The molecule has 0 unspecified atom stereocenters. The Kier molecular flexibility index (Phi) is 3.90. The third kappa shape index (κ3) is 2.88. The van der Waals surface area contributed by atoms with E-state index in [4.69, 9.17) is 14.5 Å². The fourth-order valence-electron chi connectivity index (χ4n) is 4.06. The van der Waals surface area contributed by atoms with Crippen molar-refractivity contribution >= 4 is 5.91 Å². The molecule has 5 rings (SSSR count). The molecule has 3 aliphatic rings. The highest BCUT2D eigenvalue weighted by Crippen LogP contribution is 2.44. The minimum absolute atomic E-state index is 0.152. The number of likely N-dealkylation sites (tertiary alicyclic amines) is 1. The Balaban J connectivity index is 1.22. The average Bonchev–Trinajstić information content (AvgIpc) is 3.45. The van der Waals surface area contributed by atoms with Gasteiger partial charge in [-0.05, 0) is 30.9 Å². The first kappa shape index (κ1) is 16.7. The topological polar surface area (TPSA) is 64.5 Å². The zero-order valence-corrected chi connectivity index (χ0v) is 15.5. The van der Waals surface area contributed by atoms with E-state index in [1.807, 2.05) is 35.4 Å². The Hall–Kier alpha value is -2.47. The van der Waals surface area contributed by atoms with E-state index in [1.165, 1.54) is 12.8 Å². The van der Waals surface area contributed by atoms with Crippen molar-refractivity contribution in [2.45, 2.75) is 43.8 Å². The van der Waals surface area contributed by atoms with Crippen LogP contribution in [0.4, 0.5) is 0 Å². The van der Waals surface area contributed by atoms with Crippen LogP contribution in [0.25, 0.3) is 0 Å². The van der Waals surface area contributed by atoms with Gasteiger partial charge in [-0.2, -0.15) is 0 Å². The van der Waals surface area contributed by atoms with Crippen molar-refractivity contribution < 1.29 is 14.3 Å². The third-order valence-electron chi connectivity index (χ3n) is 5.85. The van der Waals surface area contributed by atoms with Crippen LogP contribution in [0.1, 0.15) is 47.8 Å². The summed E-state index contributed by atoms with van der Waals surface area (Å²) in [6.45, 7) is 1.72. The van der Waals surface area contributed by atoms with Crippen LogP contribution in [0.5, 0.6) is 5.75 Å². The molecule has 0 N–H and O–H groups in total. The SMILES string of the molecule is COc1ccccc1CCC(=O)N1CC2(C1)OCc1nc(C3CC3)ncc12. The predicted octanol–water partition coefficient (Wildman–Crippen LogP) is 2.56. The van der Waals surface area contributed by atoms with Gasteiger partial charge in [-0.25, -0.2) is 9.97 Å². The van der Waals surface area contributed by atoms with Crippen molar-refractivity contribution in [3.63, 3.8) is 0 Å². The maximum atomic E-state index is 12.6. The van der Waals surface area contributed by atoms with Gasteiger partial charge < -0.3 is 14.4 Å². The molecular formula is C21H23N3O3. The lowest BCUT2D eigenvalue weighted by atomic mass is 9.87. The van der Waals surface area contributed by atoms with Crippen LogP contribution in [-0.2, 0) is 28.2 Å². The molecule has 1 amide bonds. The molecule has 140 valence electrons. The molecule has 2 aliphatic heterocycles. The van der Waals surface area contributed by atoms with Gasteiger partial charge >= 0.3 is 0 Å². The molecule has 2 aromatic rings.